The van der Waals surface area contributed by atoms with Crippen molar-refractivity contribution in [3.8, 4) is 0 Å². The molecule has 0 aliphatic heterocycles. The molecule has 1 aromatic carbocycles. The first-order valence-corrected chi connectivity index (χ1v) is 9.57. The van der Waals surface area contributed by atoms with Gasteiger partial charge in [-0.15, -0.1) is 11.8 Å². The molecule has 1 aliphatic rings. The molecule has 0 spiro atoms. The lowest BCUT2D eigenvalue weighted by molar-refractivity contribution is -0.116. The quantitative estimate of drug-likeness (QED) is 0.731. The number of amides is 1. The minimum Gasteiger partial charge on any atom is -0.374 e. The molecular weight excluding hydrogens is 304 g/mol. The minimum absolute atomic E-state index is 0.0964. The Hall–Kier alpha value is -1.42. The Morgan fingerprint density at radius 2 is 2.13 bits per heavy atom. The Morgan fingerprint density at radius 1 is 1.43 bits per heavy atom. The summed E-state index contributed by atoms with van der Waals surface area (Å²) >= 11 is 1.54. The van der Waals surface area contributed by atoms with Gasteiger partial charge in [-0.05, 0) is 50.0 Å². The maximum Gasteiger partial charge on any atom is 0.257 e. The van der Waals surface area contributed by atoms with Crippen molar-refractivity contribution in [2.75, 3.05) is 24.7 Å². The summed E-state index contributed by atoms with van der Waals surface area (Å²) in [5, 5.41) is 3.07. The summed E-state index contributed by atoms with van der Waals surface area (Å²) < 4.78 is 0. The lowest BCUT2D eigenvalue weighted by atomic mass is 10.1. The van der Waals surface area contributed by atoms with Crippen molar-refractivity contribution in [1.29, 1.82) is 0 Å². The van der Waals surface area contributed by atoms with E-state index in [1.54, 1.807) is 11.8 Å². The summed E-state index contributed by atoms with van der Waals surface area (Å²) in [6.07, 6.45) is 7.39. The van der Waals surface area contributed by atoms with E-state index < -0.39 is 0 Å². The summed E-state index contributed by atoms with van der Waals surface area (Å²) in [5.41, 5.74) is 2.58. The predicted octanol–water partition coefficient (Wildman–Crippen LogP) is 3.98. The van der Waals surface area contributed by atoms with Gasteiger partial charge in [0, 0.05) is 25.3 Å². The molecule has 1 aromatic rings. The van der Waals surface area contributed by atoms with Crippen LogP contribution in [0.15, 0.2) is 35.2 Å². The Kier molecular flexibility index (Phi) is 6.58. The number of hydrogen-bond donors (Lipinski definition) is 1. The molecule has 4 heteroatoms. The predicted molar refractivity (Wildman–Crippen MR) is 101 cm³/mol. The molecule has 3 nitrogen and oxygen atoms in total. The Labute approximate surface area is 144 Å². The molecule has 2 rings (SSSR count). The second-order valence-corrected chi connectivity index (χ2v) is 7.30. The van der Waals surface area contributed by atoms with Crippen molar-refractivity contribution >= 4 is 23.4 Å². The second-order valence-electron chi connectivity index (χ2n) is 6.46. The van der Waals surface area contributed by atoms with E-state index in [1.807, 2.05) is 6.26 Å². The molecule has 1 N–H and O–H groups in total. The minimum atomic E-state index is 0.0964. The maximum absolute atomic E-state index is 12.2. The number of hydrogen-bond acceptors (Lipinski definition) is 3. The Bertz CT molecular complexity index is 566. The van der Waals surface area contributed by atoms with Crippen LogP contribution >= 0.6 is 11.8 Å². The number of carbonyl (C=O) groups excluding carboxylic acids is 1. The molecule has 0 saturated heterocycles. The number of aryl methyl sites for hydroxylation is 1. The van der Waals surface area contributed by atoms with Crippen molar-refractivity contribution in [3.63, 3.8) is 0 Å². The van der Waals surface area contributed by atoms with Gasteiger partial charge in [0.15, 0.2) is 0 Å². The van der Waals surface area contributed by atoms with Crippen LogP contribution in [0, 0.1) is 12.8 Å². The highest BCUT2D eigenvalue weighted by Crippen LogP contribution is 2.23. The van der Waals surface area contributed by atoms with Crippen LogP contribution in [0.1, 0.15) is 31.7 Å². The van der Waals surface area contributed by atoms with Gasteiger partial charge >= 0.3 is 0 Å². The van der Waals surface area contributed by atoms with E-state index >= 15 is 0 Å². The number of thioether (sulfide) groups is 1. The molecule has 1 saturated carbocycles. The number of benzene rings is 1. The average molecular weight is 333 g/mol. The number of anilines is 1. The number of carbonyl (C=O) groups is 1. The zero-order valence-corrected chi connectivity index (χ0v) is 15.5. The lowest BCUT2D eigenvalue weighted by Gasteiger charge is -2.22. The molecule has 0 bridgehead atoms. The van der Waals surface area contributed by atoms with E-state index in [-0.39, 0.29) is 5.91 Å². The van der Waals surface area contributed by atoms with E-state index in [1.165, 1.54) is 11.3 Å². The third kappa shape index (κ3) is 5.61. The van der Waals surface area contributed by atoms with Crippen molar-refractivity contribution in [3.05, 3.63) is 40.8 Å². The highest BCUT2D eigenvalue weighted by molar-refractivity contribution is 8.03. The van der Waals surface area contributed by atoms with Crippen LogP contribution in [0.2, 0.25) is 0 Å². The molecule has 1 amide bonds. The molecule has 126 valence electrons. The summed E-state index contributed by atoms with van der Waals surface area (Å²) in [5.74, 6) is 0.480. The fraction of sp³-hybridized carbons (Fsp3) is 0.526. The molecule has 1 unspecified atom stereocenters. The number of para-hydroxylation sites is 1. The fourth-order valence-corrected chi connectivity index (χ4v) is 3.18. The molecular formula is C19H28N2OS. The van der Waals surface area contributed by atoms with Gasteiger partial charge in [0.05, 0.1) is 4.91 Å². The topological polar surface area (TPSA) is 32.3 Å². The van der Waals surface area contributed by atoms with E-state index in [4.69, 9.17) is 0 Å². The van der Waals surface area contributed by atoms with Crippen molar-refractivity contribution < 1.29 is 4.79 Å². The summed E-state index contributed by atoms with van der Waals surface area (Å²) in [6.45, 7) is 5.31. The highest BCUT2D eigenvalue weighted by Gasteiger charge is 2.24. The zero-order chi connectivity index (χ0) is 16.8. The highest BCUT2D eigenvalue weighted by atomic mass is 32.2. The van der Waals surface area contributed by atoms with Gasteiger partial charge in [0.1, 0.15) is 0 Å². The standard InChI is InChI=1S/C19H28N2OS/c1-14(13-18(23-4)19(22)20-16-9-10-16)11-12-21(3)17-8-6-5-7-15(17)2/h5-8,13-14,16H,9-12H2,1-4H3,(H,20,22)/b18-13-. The summed E-state index contributed by atoms with van der Waals surface area (Å²) in [6, 6.07) is 8.87. The molecule has 0 aromatic heterocycles. The molecule has 1 aliphatic carbocycles. The van der Waals surface area contributed by atoms with Crippen LogP contribution < -0.4 is 10.2 Å². The monoisotopic (exact) mass is 332 g/mol. The lowest BCUT2D eigenvalue weighted by Crippen LogP contribution is -2.26. The second kappa shape index (κ2) is 8.44. The number of nitrogens with one attached hydrogen (secondary N) is 1. The third-order valence-corrected chi connectivity index (χ3v) is 5.00. The van der Waals surface area contributed by atoms with Crippen LogP contribution in [0.4, 0.5) is 5.69 Å². The summed E-state index contributed by atoms with van der Waals surface area (Å²) in [7, 11) is 2.13. The van der Waals surface area contributed by atoms with E-state index in [0.717, 1.165) is 30.7 Å². The van der Waals surface area contributed by atoms with Crippen LogP contribution in [0.5, 0.6) is 0 Å². The van der Waals surface area contributed by atoms with Crippen molar-refractivity contribution in [2.24, 2.45) is 5.92 Å². The maximum atomic E-state index is 12.2. The number of allylic oxidation sites excluding steroid dienone is 1. The SMILES string of the molecule is CS/C(=C\C(C)CCN(C)c1ccccc1C)C(=O)NC1CC1. The first kappa shape index (κ1) is 17.9. The van der Waals surface area contributed by atoms with E-state index in [9.17, 15) is 4.79 Å². The first-order valence-electron chi connectivity index (χ1n) is 8.34. The van der Waals surface area contributed by atoms with Gasteiger partial charge in [-0.1, -0.05) is 31.2 Å². The number of nitrogens with zero attached hydrogens (tertiary/aromatic N) is 1. The van der Waals surface area contributed by atoms with Crippen LogP contribution in [0.25, 0.3) is 0 Å². The van der Waals surface area contributed by atoms with Crippen LogP contribution in [0.3, 0.4) is 0 Å². The molecule has 0 radical (unpaired) electrons. The van der Waals surface area contributed by atoms with Crippen LogP contribution in [-0.2, 0) is 4.79 Å². The molecule has 1 atom stereocenters. The first-order chi connectivity index (χ1) is 11.0. The smallest absolute Gasteiger partial charge is 0.257 e. The molecule has 1 fully saturated rings. The Morgan fingerprint density at radius 3 is 2.74 bits per heavy atom. The number of rotatable bonds is 8. The Balaban J connectivity index is 1.87. The van der Waals surface area contributed by atoms with Gasteiger partial charge in [-0.2, -0.15) is 0 Å². The molecule has 23 heavy (non-hydrogen) atoms. The average Bonchev–Trinajstić information content (AvgIpc) is 3.34. The largest absolute Gasteiger partial charge is 0.374 e. The van der Waals surface area contributed by atoms with Gasteiger partial charge in [-0.3, -0.25) is 4.79 Å². The third-order valence-electron chi connectivity index (χ3n) is 4.24. The molecule has 0 heterocycles. The summed E-state index contributed by atoms with van der Waals surface area (Å²) in [4.78, 5) is 15.3. The van der Waals surface area contributed by atoms with Gasteiger partial charge in [0.2, 0.25) is 0 Å². The van der Waals surface area contributed by atoms with Gasteiger partial charge in [-0.25, -0.2) is 0 Å². The van der Waals surface area contributed by atoms with Crippen LogP contribution in [-0.4, -0.2) is 31.8 Å². The zero-order valence-electron chi connectivity index (χ0n) is 14.6. The normalized spacial score (nSPS) is 16.1. The van der Waals surface area contributed by atoms with Gasteiger partial charge in [0.25, 0.3) is 5.91 Å². The van der Waals surface area contributed by atoms with Crippen molar-refractivity contribution in [2.45, 2.75) is 39.2 Å². The van der Waals surface area contributed by atoms with E-state index in [0.29, 0.717) is 12.0 Å². The van der Waals surface area contributed by atoms with Crippen molar-refractivity contribution in [1.82, 2.24) is 5.32 Å². The fourth-order valence-electron chi connectivity index (χ4n) is 2.57. The van der Waals surface area contributed by atoms with Gasteiger partial charge < -0.3 is 10.2 Å². The van der Waals surface area contributed by atoms with E-state index in [2.05, 4.69) is 61.5 Å².